The highest BCUT2D eigenvalue weighted by atomic mass is 32.1. The first-order valence-electron chi connectivity index (χ1n) is 6.28. The Morgan fingerprint density at radius 3 is 2.90 bits per heavy atom. The van der Waals surface area contributed by atoms with E-state index in [-0.39, 0.29) is 12.6 Å². The minimum atomic E-state index is -0.934. The number of carboxylic acids is 1. The van der Waals surface area contributed by atoms with Gasteiger partial charge in [0.15, 0.2) is 0 Å². The molecule has 2 amide bonds. The predicted molar refractivity (Wildman–Crippen MR) is 76.2 cm³/mol. The third kappa shape index (κ3) is 2.70. The largest absolute Gasteiger partial charge is 0.481 e. The summed E-state index contributed by atoms with van der Waals surface area (Å²) in [6.45, 7) is 0.515. The topological polar surface area (TPSA) is 95.4 Å². The number of hydrogen-bond donors (Lipinski definition) is 2. The van der Waals surface area contributed by atoms with Gasteiger partial charge in [0.1, 0.15) is 5.51 Å². The number of fused-ring (bicyclic) bond motifs is 1. The van der Waals surface area contributed by atoms with E-state index >= 15 is 0 Å². The molecule has 0 radical (unpaired) electrons. The lowest BCUT2D eigenvalue weighted by Gasteiger charge is -2.32. The number of carbonyl (C=O) groups is 2. The summed E-state index contributed by atoms with van der Waals surface area (Å²) < 4.78 is 0. The lowest BCUT2D eigenvalue weighted by atomic mass is 9.90. The van der Waals surface area contributed by atoms with Gasteiger partial charge in [0.05, 0.1) is 5.92 Å². The molecular weight excluding hydrogens is 292 g/mol. The first-order valence-corrected chi connectivity index (χ1v) is 7.16. The number of carboxylic acid groups (broad SMARTS) is 1. The molecule has 2 heterocycles. The average Bonchev–Trinajstić information content (AvgIpc) is 2.98. The first-order chi connectivity index (χ1) is 10.1. The summed E-state index contributed by atoms with van der Waals surface area (Å²) in [6, 6.07) is 6.92. The minimum absolute atomic E-state index is 0.136. The Labute approximate surface area is 124 Å². The molecule has 7 nitrogen and oxygen atoms in total. The lowest BCUT2D eigenvalue weighted by Crippen LogP contribution is -2.42. The molecule has 1 aromatic heterocycles. The van der Waals surface area contributed by atoms with Crippen molar-refractivity contribution in [2.45, 2.75) is 12.5 Å². The number of rotatable bonds is 2. The molecule has 2 N–H and O–H groups in total. The van der Waals surface area contributed by atoms with Gasteiger partial charge in [0.25, 0.3) is 0 Å². The summed E-state index contributed by atoms with van der Waals surface area (Å²) in [6.07, 6.45) is 0. The molecule has 108 valence electrons. The molecule has 3 rings (SSSR count). The zero-order chi connectivity index (χ0) is 14.8. The fraction of sp³-hybridized carbons (Fsp3) is 0.231. The van der Waals surface area contributed by atoms with Gasteiger partial charge in [0.2, 0.25) is 5.13 Å². The molecule has 21 heavy (non-hydrogen) atoms. The Morgan fingerprint density at radius 1 is 1.38 bits per heavy atom. The van der Waals surface area contributed by atoms with Crippen LogP contribution in [0.4, 0.5) is 9.93 Å². The van der Waals surface area contributed by atoms with Crippen molar-refractivity contribution in [2.24, 2.45) is 0 Å². The van der Waals surface area contributed by atoms with Crippen molar-refractivity contribution in [3.63, 3.8) is 0 Å². The van der Waals surface area contributed by atoms with E-state index < -0.39 is 11.9 Å². The lowest BCUT2D eigenvalue weighted by molar-refractivity contribution is -0.139. The molecule has 1 aliphatic rings. The molecule has 2 aromatic rings. The summed E-state index contributed by atoms with van der Waals surface area (Å²) in [5.74, 6) is -1.65. The van der Waals surface area contributed by atoms with Crippen LogP contribution in [0.1, 0.15) is 17.0 Å². The molecule has 1 aromatic carbocycles. The van der Waals surface area contributed by atoms with Crippen LogP contribution in [0.25, 0.3) is 0 Å². The van der Waals surface area contributed by atoms with Crippen molar-refractivity contribution < 1.29 is 14.7 Å². The van der Waals surface area contributed by atoms with Crippen molar-refractivity contribution in [1.82, 2.24) is 15.1 Å². The number of carbonyl (C=O) groups excluding carboxylic acids is 1. The predicted octanol–water partition coefficient (Wildman–Crippen LogP) is 1.75. The Balaban J connectivity index is 1.82. The SMILES string of the molecule is O=C(O)C1CN(C(=O)Nc2nncs2)Cc2ccccc21. The normalized spacial score (nSPS) is 17.1. The van der Waals surface area contributed by atoms with Gasteiger partial charge in [-0.25, -0.2) is 4.79 Å². The van der Waals surface area contributed by atoms with Crippen molar-refractivity contribution >= 4 is 28.5 Å². The van der Waals surface area contributed by atoms with Gasteiger partial charge in [-0.3, -0.25) is 10.1 Å². The molecule has 0 aliphatic carbocycles. The van der Waals surface area contributed by atoms with E-state index in [0.717, 1.165) is 11.1 Å². The molecule has 0 saturated carbocycles. The van der Waals surface area contributed by atoms with E-state index in [9.17, 15) is 14.7 Å². The van der Waals surface area contributed by atoms with Crippen LogP contribution in [-0.4, -0.2) is 38.7 Å². The Morgan fingerprint density at radius 2 is 2.19 bits per heavy atom. The van der Waals surface area contributed by atoms with Crippen LogP contribution in [0.3, 0.4) is 0 Å². The molecule has 0 bridgehead atoms. The molecule has 8 heteroatoms. The van der Waals surface area contributed by atoms with Crippen LogP contribution in [0.2, 0.25) is 0 Å². The van der Waals surface area contributed by atoms with Gasteiger partial charge < -0.3 is 10.0 Å². The first kappa shape index (κ1) is 13.5. The monoisotopic (exact) mass is 304 g/mol. The number of anilines is 1. The smallest absolute Gasteiger partial charge is 0.324 e. The number of hydrogen-bond acceptors (Lipinski definition) is 5. The standard InChI is InChI=1S/C13H12N4O3S/c18-11(19)10-6-17(5-8-3-1-2-4-9(8)10)13(20)15-12-16-14-7-21-12/h1-4,7,10H,5-6H2,(H,18,19)(H,15,16,20). The number of nitrogens with one attached hydrogen (secondary N) is 1. The number of aromatic nitrogens is 2. The van der Waals surface area contributed by atoms with Crippen LogP contribution in [-0.2, 0) is 11.3 Å². The Kier molecular flexibility index (Phi) is 3.53. The van der Waals surface area contributed by atoms with E-state index in [1.54, 1.807) is 6.07 Å². The van der Waals surface area contributed by atoms with Gasteiger partial charge in [0, 0.05) is 13.1 Å². The number of amides is 2. The molecule has 1 atom stereocenters. The van der Waals surface area contributed by atoms with E-state index in [1.807, 2.05) is 18.2 Å². The number of nitrogens with zero attached hydrogens (tertiary/aromatic N) is 3. The van der Waals surface area contributed by atoms with Gasteiger partial charge in [-0.2, -0.15) is 0 Å². The van der Waals surface area contributed by atoms with Crippen LogP contribution in [0, 0.1) is 0 Å². The maximum absolute atomic E-state index is 12.2. The molecular formula is C13H12N4O3S. The molecule has 1 unspecified atom stereocenters. The molecule has 0 spiro atoms. The third-order valence-corrected chi connectivity index (χ3v) is 3.96. The summed E-state index contributed by atoms with van der Waals surface area (Å²) in [7, 11) is 0. The Bertz CT molecular complexity index is 674. The van der Waals surface area contributed by atoms with Gasteiger partial charge in [-0.15, -0.1) is 10.2 Å². The summed E-state index contributed by atoms with van der Waals surface area (Å²) in [5, 5.41) is 19.8. The molecule has 0 saturated heterocycles. The van der Waals surface area contributed by atoms with Gasteiger partial charge in [-0.1, -0.05) is 35.6 Å². The third-order valence-electron chi connectivity index (χ3n) is 3.35. The van der Waals surface area contributed by atoms with E-state index in [1.165, 1.54) is 21.7 Å². The summed E-state index contributed by atoms with van der Waals surface area (Å²) in [4.78, 5) is 25.1. The highest BCUT2D eigenvalue weighted by Gasteiger charge is 2.32. The van der Waals surface area contributed by atoms with Crippen molar-refractivity contribution in [3.8, 4) is 0 Å². The fourth-order valence-electron chi connectivity index (χ4n) is 2.37. The zero-order valence-electron chi connectivity index (χ0n) is 10.9. The highest BCUT2D eigenvalue weighted by molar-refractivity contribution is 7.13. The highest BCUT2D eigenvalue weighted by Crippen LogP contribution is 2.28. The fourth-order valence-corrected chi connectivity index (χ4v) is 2.81. The second-order valence-corrected chi connectivity index (χ2v) is 5.48. The molecule has 1 aliphatic heterocycles. The quantitative estimate of drug-likeness (QED) is 0.881. The van der Waals surface area contributed by atoms with Crippen LogP contribution >= 0.6 is 11.3 Å². The summed E-state index contributed by atoms with van der Waals surface area (Å²) in [5.41, 5.74) is 3.13. The molecule has 0 fully saturated rings. The van der Waals surface area contributed by atoms with Crippen LogP contribution in [0.5, 0.6) is 0 Å². The van der Waals surface area contributed by atoms with Crippen LogP contribution < -0.4 is 5.32 Å². The number of aliphatic carboxylic acids is 1. The second-order valence-electron chi connectivity index (χ2n) is 4.64. The van der Waals surface area contributed by atoms with E-state index in [4.69, 9.17) is 0 Å². The maximum Gasteiger partial charge on any atom is 0.324 e. The number of urea groups is 1. The van der Waals surface area contributed by atoms with Gasteiger partial charge in [-0.05, 0) is 11.1 Å². The minimum Gasteiger partial charge on any atom is -0.481 e. The van der Waals surface area contributed by atoms with Crippen molar-refractivity contribution in [2.75, 3.05) is 11.9 Å². The van der Waals surface area contributed by atoms with Gasteiger partial charge >= 0.3 is 12.0 Å². The average molecular weight is 304 g/mol. The van der Waals surface area contributed by atoms with Crippen LogP contribution in [0.15, 0.2) is 29.8 Å². The second kappa shape index (κ2) is 5.49. The zero-order valence-corrected chi connectivity index (χ0v) is 11.7. The maximum atomic E-state index is 12.2. The van der Waals surface area contributed by atoms with Crippen molar-refractivity contribution in [3.05, 3.63) is 40.9 Å². The van der Waals surface area contributed by atoms with Crippen molar-refractivity contribution in [1.29, 1.82) is 0 Å². The van der Waals surface area contributed by atoms with E-state index in [2.05, 4.69) is 15.5 Å². The summed E-state index contributed by atoms with van der Waals surface area (Å²) >= 11 is 1.21. The Hall–Kier alpha value is -2.48. The van der Waals surface area contributed by atoms with E-state index in [0.29, 0.717) is 11.7 Å². The number of benzene rings is 1.